The van der Waals surface area contributed by atoms with Crippen molar-refractivity contribution < 1.29 is 13.9 Å². The largest absolute Gasteiger partial charge is 0.463 e. The number of hydrogen-bond acceptors (Lipinski definition) is 3. The summed E-state index contributed by atoms with van der Waals surface area (Å²) in [6, 6.07) is 13.4. The molecule has 0 N–H and O–H groups in total. The van der Waals surface area contributed by atoms with Gasteiger partial charge in [0.1, 0.15) is 0 Å². The van der Waals surface area contributed by atoms with Crippen LogP contribution in [0.4, 0.5) is 0 Å². The molecule has 1 saturated heterocycles. The van der Waals surface area contributed by atoms with Gasteiger partial charge < -0.3 is 14.1 Å². The zero-order chi connectivity index (χ0) is 16.5. The first-order valence-electron chi connectivity index (χ1n) is 7.86. The Morgan fingerprint density at radius 2 is 1.75 bits per heavy atom. The Bertz CT molecular complexity index is 879. The van der Waals surface area contributed by atoms with Gasteiger partial charge in [-0.25, -0.2) is 0 Å². The summed E-state index contributed by atoms with van der Waals surface area (Å²) in [6.45, 7) is 2.50. The van der Waals surface area contributed by atoms with E-state index in [4.69, 9.17) is 20.8 Å². The zero-order valence-corrected chi connectivity index (χ0v) is 13.8. The monoisotopic (exact) mass is 341 g/mol. The quantitative estimate of drug-likeness (QED) is 0.700. The molecule has 0 unspecified atom stereocenters. The number of fused-ring (bicyclic) bond motifs is 1. The minimum atomic E-state index is 0.0492. The second-order valence-electron chi connectivity index (χ2n) is 5.78. The Morgan fingerprint density at radius 3 is 2.50 bits per heavy atom. The van der Waals surface area contributed by atoms with Crippen LogP contribution in [0.1, 0.15) is 10.4 Å². The molecule has 4 rings (SSSR count). The Morgan fingerprint density at radius 1 is 1.00 bits per heavy atom. The van der Waals surface area contributed by atoms with Gasteiger partial charge in [0, 0.05) is 24.0 Å². The number of carbonyl (C=O) groups is 1. The summed E-state index contributed by atoms with van der Waals surface area (Å²) < 4.78 is 10.7. The second kappa shape index (κ2) is 6.30. The molecule has 0 aliphatic carbocycles. The number of halogens is 1. The van der Waals surface area contributed by atoms with Gasteiger partial charge in [0.2, 0.25) is 0 Å². The summed E-state index contributed by atoms with van der Waals surface area (Å²) in [5.74, 6) is 0.0492. The zero-order valence-electron chi connectivity index (χ0n) is 13.0. The molecule has 2 heterocycles. The number of rotatable bonds is 2. The van der Waals surface area contributed by atoms with Crippen LogP contribution < -0.4 is 0 Å². The second-order valence-corrected chi connectivity index (χ2v) is 6.19. The molecule has 0 saturated carbocycles. The molecular formula is C19H16ClNO3. The van der Waals surface area contributed by atoms with E-state index in [2.05, 4.69) is 0 Å². The van der Waals surface area contributed by atoms with Crippen molar-refractivity contribution in [3.05, 3.63) is 59.3 Å². The molecular weight excluding hydrogens is 326 g/mol. The number of amides is 1. The molecule has 24 heavy (non-hydrogen) atoms. The van der Waals surface area contributed by atoms with Gasteiger partial charge in [-0.3, -0.25) is 4.79 Å². The SMILES string of the molecule is O=C(c1ccc(-c2cc(Cl)c3occc3c2)cc1)N1CCOCC1. The predicted octanol–water partition coefficient (Wildman–Crippen LogP) is 4.23. The number of morpholine rings is 1. The van der Waals surface area contributed by atoms with Gasteiger partial charge in [-0.05, 0) is 41.5 Å². The summed E-state index contributed by atoms with van der Waals surface area (Å²) in [4.78, 5) is 14.3. The van der Waals surface area contributed by atoms with Crippen molar-refractivity contribution in [1.29, 1.82) is 0 Å². The summed E-state index contributed by atoms with van der Waals surface area (Å²) in [5.41, 5.74) is 3.40. The molecule has 0 atom stereocenters. The highest BCUT2D eigenvalue weighted by molar-refractivity contribution is 6.35. The molecule has 1 fully saturated rings. The van der Waals surface area contributed by atoms with E-state index in [1.807, 2.05) is 47.4 Å². The lowest BCUT2D eigenvalue weighted by Crippen LogP contribution is -2.40. The van der Waals surface area contributed by atoms with Crippen molar-refractivity contribution in [2.75, 3.05) is 26.3 Å². The van der Waals surface area contributed by atoms with E-state index in [-0.39, 0.29) is 5.91 Å². The van der Waals surface area contributed by atoms with Crippen molar-refractivity contribution in [3.8, 4) is 11.1 Å². The fraction of sp³-hybridized carbons (Fsp3) is 0.211. The minimum Gasteiger partial charge on any atom is -0.463 e. The number of ether oxygens (including phenoxy) is 1. The van der Waals surface area contributed by atoms with Crippen LogP contribution in [-0.4, -0.2) is 37.1 Å². The van der Waals surface area contributed by atoms with E-state index in [0.29, 0.717) is 42.5 Å². The maximum atomic E-state index is 12.5. The molecule has 1 amide bonds. The number of nitrogens with zero attached hydrogens (tertiary/aromatic N) is 1. The van der Waals surface area contributed by atoms with Gasteiger partial charge in [0.25, 0.3) is 5.91 Å². The van der Waals surface area contributed by atoms with Crippen molar-refractivity contribution in [1.82, 2.24) is 4.90 Å². The first-order chi connectivity index (χ1) is 11.7. The fourth-order valence-corrected chi connectivity index (χ4v) is 3.23. The standard InChI is InChI=1S/C19H16ClNO3/c20-17-12-16(11-15-5-8-24-18(15)17)13-1-3-14(4-2-13)19(22)21-6-9-23-10-7-21/h1-5,8,11-12H,6-7,9-10H2. The predicted molar refractivity (Wildman–Crippen MR) is 93.4 cm³/mol. The van der Waals surface area contributed by atoms with Gasteiger partial charge >= 0.3 is 0 Å². The van der Waals surface area contributed by atoms with Gasteiger partial charge in [-0.15, -0.1) is 0 Å². The average molecular weight is 342 g/mol. The smallest absolute Gasteiger partial charge is 0.254 e. The van der Waals surface area contributed by atoms with Crippen molar-refractivity contribution in [3.63, 3.8) is 0 Å². The number of benzene rings is 2. The Kier molecular flexibility index (Phi) is 4.00. The maximum absolute atomic E-state index is 12.5. The summed E-state index contributed by atoms with van der Waals surface area (Å²) in [5, 5.41) is 1.55. The van der Waals surface area contributed by atoms with Crippen LogP contribution in [0.25, 0.3) is 22.1 Å². The minimum absolute atomic E-state index is 0.0492. The van der Waals surface area contributed by atoms with E-state index < -0.39 is 0 Å². The Balaban J connectivity index is 1.61. The van der Waals surface area contributed by atoms with E-state index >= 15 is 0 Å². The summed E-state index contributed by atoms with van der Waals surface area (Å²) >= 11 is 6.27. The molecule has 1 aliphatic rings. The van der Waals surface area contributed by atoms with E-state index in [9.17, 15) is 4.79 Å². The lowest BCUT2D eigenvalue weighted by Gasteiger charge is -2.26. The van der Waals surface area contributed by atoms with E-state index in [1.54, 1.807) is 6.26 Å². The third-order valence-electron chi connectivity index (χ3n) is 4.27. The number of furan rings is 1. The van der Waals surface area contributed by atoms with Crippen LogP contribution in [0, 0.1) is 0 Å². The van der Waals surface area contributed by atoms with Crippen LogP contribution in [0.3, 0.4) is 0 Å². The number of carbonyl (C=O) groups excluding carboxylic acids is 1. The van der Waals surface area contributed by atoms with E-state index in [1.165, 1.54) is 0 Å². The lowest BCUT2D eigenvalue weighted by atomic mass is 10.0. The van der Waals surface area contributed by atoms with Crippen molar-refractivity contribution in [2.24, 2.45) is 0 Å². The van der Waals surface area contributed by atoms with Crippen LogP contribution >= 0.6 is 11.6 Å². The van der Waals surface area contributed by atoms with E-state index in [0.717, 1.165) is 16.5 Å². The van der Waals surface area contributed by atoms with Gasteiger partial charge in [0.15, 0.2) is 5.58 Å². The topological polar surface area (TPSA) is 42.7 Å². The van der Waals surface area contributed by atoms with Gasteiger partial charge in [-0.1, -0.05) is 23.7 Å². The van der Waals surface area contributed by atoms with Crippen LogP contribution in [0.2, 0.25) is 5.02 Å². The first kappa shape index (κ1) is 15.2. The third-order valence-corrected chi connectivity index (χ3v) is 4.55. The highest BCUT2D eigenvalue weighted by Crippen LogP contribution is 2.31. The molecule has 122 valence electrons. The molecule has 0 bridgehead atoms. The molecule has 2 aromatic carbocycles. The summed E-state index contributed by atoms with van der Waals surface area (Å²) in [7, 11) is 0. The van der Waals surface area contributed by atoms with Crippen LogP contribution in [0.15, 0.2) is 53.1 Å². The highest BCUT2D eigenvalue weighted by atomic mass is 35.5. The maximum Gasteiger partial charge on any atom is 0.254 e. The summed E-state index contributed by atoms with van der Waals surface area (Å²) in [6.07, 6.45) is 1.63. The van der Waals surface area contributed by atoms with Gasteiger partial charge in [0.05, 0.1) is 24.5 Å². The van der Waals surface area contributed by atoms with Crippen molar-refractivity contribution in [2.45, 2.75) is 0 Å². The molecule has 1 aliphatic heterocycles. The third kappa shape index (κ3) is 2.79. The first-order valence-corrected chi connectivity index (χ1v) is 8.24. The highest BCUT2D eigenvalue weighted by Gasteiger charge is 2.18. The van der Waals surface area contributed by atoms with Crippen molar-refractivity contribution >= 4 is 28.5 Å². The Labute approximate surface area is 144 Å². The lowest BCUT2D eigenvalue weighted by molar-refractivity contribution is 0.0303. The molecule has 4 nitrogen and oxygen atoms in total. The van der Waals surface area contributed by atoms with Crippen LogP contribution in [0.5, 0.6) is 0 Å². The average Bonchev–Trinajstić information content (AvgIpc) is 3.11. The van der Waals surface area contributed by atoms with Gasteiger partial charge in [-0.2, -0.15) is 0 Å². The molecule has 0 spiro atoms. The molecule has 1 aromatic heterocycles. The number of hydrogen-bond donors (Lipinski definition) is 0. The Hall–Kier alpha value is -2.30. The molecule has 0 radical (unpaired) electrons. The normalized spacial score (nSPS) is 15.0. The molecule has 3 aromatic rings. The fourth-order valence-electron chi connectivity index (χ4n) is 2.96. The molecule has 5 heteroatoms. The van der Waals surface area contributed by atoms with Crippen LogP contribution in [-0.2, 0) is 4.74 Å².